The molecule has 0 unspecified atom stereocenters. The molecule has 0 aliphatic carbocycles. The number of carbonyl (C=O) groups is 1. The Morgan fingerprint density at radius 3 is 2.89 bits per heavy atom. The molecule has 2 aromatic carbocycles. The first-order chi connectivity index (χ1) is 13.2. The summed E-state index contributed by atoms with van der Waals surface area (Å²) in [4.78, 5) is 12.3. The molecule has 0 aliphatic heterocycles. The van der Waals surface area contributed by atoms with Crippen molar-refractivity contribution in [2.45, 2.75) is 17.0 Å². The summed E-state index contributed by atoms with van der Waals surface area (Å²) in [6.45, 7) is 2.21. The smallest absolute Gasteiger partial charge is 0.217 e. The quantitative estimate of drug-likeness (QED) is 0.343. The van der Waals surface area contributed by atoms with Gasteiger partial charge in [0.1, 0.15) is 5.58 Å². The topological polar surface area (TPSA) is 68.0 Å². The third-order valence-corrected chi connectivity index (χ3v) is 6.04. The van der Waals surface area contributed by atoms with Crippen molar-refractivity contribution in [1.29, 1.82) is 0 Å². The van der Waals surface area contributed by atoms with Crippen LogP contribution in [-0.2, 0) is 5.75 Å². The number of hydrogen-bond acceptors (Lipinski definition) is 7. The minimum atomic E-state index is -0.115. The number of fused-ring (bicyclic) bond motifs is 1. The zero-order valence-corrected chi connectivity index (χ0v) is 16.3. The molecule has 136 valence electrons. The number of carbonyl (C=O) groups excluding carboxylic acids is 1. The average molecular weight is 396 g/mol. The molecule has 0 atom stereocenters. The van der Waals surface area contributed by atoms with Gasteiger partial charge in [-0.05, 0) is 24.6 Å². The fraction of sp³-hybridized carbons (Fsp3) is 0.150. The maximum absolute atomic E-state index is 12.3. The van der Waals surface area contributed by atoms with Crippen LogP contribution in [0.5, 0.6) is 0 Å². The molecular weight excluding hydrogens is 378 g/mol. The zero-order chi connectivity index (χ0) is 18.6. The number of nitrogens with one attached hydrogen (secondary N) is 1. The van der Waals surface area contributed by atoms with Crippen molar-refractivity contribution in [3.05, 3.63) is 71.5 Å². The second-order valence-corrected chi connectivity index (χ2v) is 8.28. The van der Waals surface area contributed by atoms with Crippen molar-refractivity contribution in [3.63, 3.8) is 0 Å². The lowest BCUT2D eigenvalue weighted by Crippen LogP contribution is -2.13. The van der Waals surface area contributed by atoms with E-state index in [2.05, 4.69) is 46.7 Å². The van der Waals surface area contributed by atoms with E-state index in [1.807, 2.05) is 24.3 Å². The second-order valence-electron chi connectivity index (χ2n) is 6.08. The highest BCUT2D eigenvalue weighted by molar-refractivity contribution is 8.00. The molecule has 2 aromatic heterocycles. The largest absolute Gasteiger partial charge is 0.453 e. The number of aromatic nitrogens is 2. The van der Waals surface area contributed by atoms with Crippen LogP contribution in [0.3, 0.4) is 0 Å². The van der Waals surface area contributed by atoms with Gasteiger partial charge in [-0.25, -0.2) is 0 Å². The van der Waals surface area contributed by atoms with E-state index in [1.165, 1.54) is 22.5 Å². The predicted octanol–water partition coefficient (Wildman–Crippen LogP) is 5.18. The number of aryl methyl sites for hydroxylation is 1. The normalized spacial score (nSPS) is 11.0. The maximum Gasteiger partial charge on any atom is 0.217 e. The van der Waals surface area contributed by atoms with E-state index in [0.717, 1.165) is 15.5 Å². The number of rotatable bonds is 7. The lowest BCUT2D eigenvalue weighted by molar-refractivity contribution is 0.0982. The van der Waals surface area contributed by atoms with Gasteiger partial charge in [-0.2, -0.15) is 0 Å². The van der Waals surface area contributed by atoms with Gasteiger partial charge in [0.05, 0.1) is 6.54 Å². The summed E-state index contributed by atoms with van der Waals surface area (Å²) in [5, 5.41) is 12.9. The summed E-state index contributed by atoms with van der Waals surface area (Å²) in [7, 11) is 0. The molecule has 7 heteroatoms. The highest BCUT2D eigenvalue weighted by atomic mass is 32.2. The van der Waals surface area contributed by atoms with Gasteiger partial charge in [-0.1, -0.05) is 71.1 Å². The van der Waals surface area contributed by atoms with E-state index < -0.39 is 0 Å². The van der Waals surface area contributed by atoms with Crippen LogP contribution in [0.2, 0.25) is 0 Å². The molecule has 0 aliphatic rings. The third kappa shape index (κ3) is 4.37. The molecule has 2 heterocycles. The molecule has 0 radical (unpaired) electrons. The Morgan fingerprint density at radius 2 is 2.04 bits per heavy atom. The molecule has 0 fully saturated rings. The number of Topliss-reactive ketones (excluding diaryl/α,β-unsaturated/α-hetero) is 1. The number of ketones is 1. The molecular formula is C20H17N3O2S2. The minimum absolute atomic E-state index is 0.115. The number of anilines is 1. The minimum Gasteiger partial charge on any atom is -0.453 e. The van der Waals surface area contributed by atoms with Crippen LogP contribution in [0.25, 0.3) is 11.0 Å². The lowest BCUT2D eigenvalue weighted by atomic mass is 10.2. The van der Waals surface area contributed by atoms with Gasteiger partial charge in [-0.3, -0.25) is 4.79 Å². The van der Waals surface area contributed by atoms with E-state index >= 15 is 0 Å². The summed E-state index contributed by atoms with van der Waals surface area (Å²) in [5.74, 6) is 1.08. The van der Waals surface area contributed by atoms with Crippen LogP contribution in [-0.4, -0.2) is 22.5 Å². The van der Waals surface area contributed by atoms with Gasteiger partial charge in [-0.15, -0.1) is 10.2 Å². The Hall–Kier alpha value is -2.64. The standard InChI is InChI=1S/C20H17N3O2S2/c1-13-5-4-6-14(9-13)12-26-20-23-22-19(27-20)21-11-16(24)18-10-15-7-2-3-8-17(15)25-18/h2-10H,11-12H2,1H3,(H,21,22). The number of benzene rings is 2. The molecule has 1 N–H and O–H groups in total. The maximum atomic E-state index is 12.3. The first-order valence-electron chi connectivity index (χ1n) is 8.45. The van der Waals surface area contributed by atoms with Gasteiger partial charge in [0.2, 0.25) is 10.9 Å². The number of para-hydroxylation sites is 1. The van der Waals surface area contributed by atoms with E-state index in [4.69, 9.17) is 4.42 Å². The fourth-order valence-corrected chi connectivity index (χ4v) is 4.34. The van der Waals surface area contributed by atoms with Crippen LogP contribution in [0, 0.1) is 6.92 Å². The number of furan rings is 1. The molecule has 0 saturated heterocycles. The summed E-state index contributed by atoms with van der Waals surface area (Å²) in [6.07, 6.45) is 0. The summed E-state index contributed by atoms with van der Waals surface area (Å²) in [6, 6.07) is 17.8. The Morgan fingerprint density at radius 1 is 1.15 bits per heavy atom. The van der Waals surface area contributed by atoms with Gasteiger partial charge < -0.3 is 9.73 Å². The van der Waals surface area contributed by atoms with Crippen LogP contribution in [0.15, 0.2) is 63.4 Å². The number of thioether (sulfide) groups is 1. The van der Waals surface area contributed by atoms with E-state index in [9.17, 15) is 4.79 Å². The highest BCUT2D eigenvalue weighted by Gasteiger charge is 2.13. The molecule has 0 spiro atoms. The SMILES string of the molecule is Cc1cccc(CSc2nnc(NCC(=O)c3cc4ccccc4o3)s2)c1. The number of nitrogens with zero attached hydrogens (tertiary/aromatic N) is 2. The van der Waals surface area contributed by atoms with Crippen LogP contribution < -0.4 is 5.32 Å². The van der Waals surface area contributed by atoms with Crippen molar-refractivity contribution >= 4 is 45.0 Å². The van der Waals surface area contributed by atoms with Crippen molar-refractivity contribution in [2.75, 3.05) is 11.9 Å². The summed E-state index contributed by atoms with van der Waals surface area (Å²) >= 11 is 3.08. The Balaban J connectivity index is 1.33. The summed E-state index contributed by atoms with van der Waals surface area (Å²) < 4.78 is 6.46. The molecule has 4 rings (SSSR count). The van der Waals surface area contributed by atoms with Crippen molar-refractivity contribution < 1.29 is 9.21 Å². The average Bonchev–Trinajstić information content (AvgIpc) is 3.31. The second kappa shape index (κ2) is 7.94. The monoisotopic (exact) mass is 395 g/mol. The first-order valence-corrected chi connectivity index (χ1v) is 10.2. The molecule has 5 nitrogen and oxygen atoms in total. The Labute approximate surface area is 164 Å². The lowest BCUT2D eigenvalue weighted by Gasteiger charge is -2.00. The molecule has 0 amide bonds. The van der Waals surface area contributed by atoms with Gasteiger partial charge in [0, 0.05) is 11.1 Å². The molecule has 0 bridgehead atoms. The molecule has 27 heavy (non-hydrogen) atoms. The molecule has 4 aromatic rings. The zero-order valence-electron chi connectivity index (χ0n) is 14.6. The summed E-state index contributed by atoms with van der Waals surface area (Å²) in [5.41, 5.74) is 3.22. The molecule has 0 saturated carbocycles. The van der Waals surface area contributed by atoms with Gasteiger partial charge >= 0.3 is 0 Å². The van der Waals surface area contributed by atoms with Crippen molar-refractivity contribution in [3.8, 4) is 0 Å². The first kappa shape index (κ1) is 17.8. The third-order valence-electron chi connectivity index (χ3n) is 3.95. The van der Waals surface area contributed by atoms with Crippen LogP contribution >= 0.6 is 23.1 Å². The van der Waals surface area contributed by atoms with E-state index in [0.29, 0.717) is 16.5 Å². The van der Waals surface area contributed by atoms with Gasteiger partial charge in [0.15, 0.2) is 10.1 Å². The van der Waals surface area contributed by atoms with Crippen LogP contribution in [0.4, 0.5) is 5.13 Å². The van der Waals surface area contributed by atoms with Crippen LogP contribution in [0.1, 0.15) is 21.7 Å². The number of hydrogen-bond donors (Lipinski definition) is 1. The Bertz CT molecular complexity index is 1050. The van der Waals surface area contributed by atoms with Crippen molar-refractivity contribution in [2.24, 2.45) is 0 Å². The highest BCUT2D eigenvalue weighted by Crippen LogP contribution is 2.28. The fourth-order valence-electron chi connectivity index (χ4n) is 2.65. The van der Waals surface area contributed by atoms with E-state index in [1.54, 1.807) is 17.8 Å². The van der Waals surface area contributed by atoms with Gasteiger partial charge in [0.25, 0.3) is 0 Å². The Kier molecular flexibility index (Phi) is 5.22. The van der Waals surface area contributed by atoms with E-state index in [-0.39, 0.29) is 12.3 Å². The predicted molar refractivity (Wildman–Crippen MR) is 110 cm³/mol. The van der Waals surface area contributed by atoms with Crippen molar-refractivity contribution in [1.82, 2.24) is 10.2 Å².